The second kappa shape index (κ2) is 6.23. The molecule has 1 unspecified atom stereocenters. The molecular formula is C11H17ClN2OS. The largest absolute Gasteiger partial charge is 0.387 e. The molecule has 0 aliphatic carbocycles. The fraction of sp³-hybridized carbons (Fsp3) is 0.545. The lowest BCUT2D eigenvalue weighted by atomic mass is 10.1. The molecule has 5 heteroatoms. The first-order valence-electron chi connectivity index (χ1n) is 5.23. The highest BCUT2D eigenvalue weighted by Gasteiger charge is 2.17. The predicted octanol–water partition coefficient (Wildman–Crippen LogP) is 2.33. The van der Waals surface area contributed by atoms with Crippen LogP contribution < -0.4 is 0 Å². The molecule has 0 saturated heterocycles. The summed E-state index contributed by atoms with van der Waals surface area (Å²) in [5.74, 6) is 1.03. The molecule has 0 amide bonds. The molecule has 1 atom stereocenters. The molecule has 3 nitrogen and oxygen atoms in total. The molecule has 1 aliphatic rings. The van der Waals surface area contributed by atoms with Crippen LogP contribution in [-0.4, -0.2) is 36.0 Å². The molecular weight excluding hydrogens is 244 g/mol. The van der Waals surface area contributed by atoms with Crippen molar-refractivity contribution >= 4 is 29.6 Å². The fourth-order valence-corrected chi connectivity index (χ4v) is 2.45. The summed E-state index contributed by atoms with van der Waals surface area (Å²) in [6, 6.07) is 3.94. The number of halogens is 1. The van der Waals surface area contributed by atoms with Gasteiger partial charge in [0.15, 0.2) is 0 Å². The summed E-state index contributed by atoms with van der Waals surface area (Å²) in [4.78, 5) is 7.61. The number of hydrogen-bond acceptors (Lipinski definition) is 4. The van der Waals surface area contributed by atoms with Crippen molar-refractivity contribution in [2.24, 2.45) is 4.99 Å². The highest BCUT2D eigenvalue weighted by atomic mass is 35.5. The van der Waals surface area contributed by atoms with E-state index in [1.165, 1.54) is 0 Å². The molecule has 0 spiro atoms. The molecule has 90 valence electrons. The molecule has 1 aromatic heterocycles. The Kier molecular flexibility index (Phi) is 5.25. The van der Waals surface area contributed by atoms with Crippen LogP contribution in [0, 0.1) is 0 Å². The van der Waals surface area contributed by atoms with Crippen LogP contribution >= 0.6 is 23.7 Å². The minimum absolute atomic E-state index is 0. The molecule has 2 heterocycles. The Hall–Kier alpha value is -0.580. The maximum Gasteiger partial charge on any atom is 0.102 e. The van der Waals surface area contributed by atoms with E-state index in [-0.39, 0.29) is 12.4 Å². The van der Waals surface area contributed by atoms with E-state index in [9.17, 15) is 5.11 Å². The Morgan fingerprint density at radius 1 is 1.62 bits per heavy atom. The first-order valence-corrected chi connectivity index (χ1v) is 6.11. The summed E-state index contributed by atoms with van der Waals surface area (Å²) < 4.78 is 0. The third-order valence-corrected chi connectivity index (χ3v) is 3.61. The Labute approximate surface area is 106 Å². The third kappa shape index (κ3) is 3.20. The van der Waals surface area contributed by atoms with Crippen LogP contribution in [0.5, 0.6) is 0 Å². The van der Waals surface area contributed by atoms with E-state index < -0.39 is 6.10 Å². The minimum atomic E-state index is -0.399. The van der Waals surface area contributed by atoms with Gasteiger partial charge in [0.25, 0.3) is 0 Å². The van der Waals surface area contributed by atoms with Crippen LogP contribution in [0.3, 0.4) is 0 Å². The van der Waals surface area contributed by atoms with Gasteiger partial charge in [0, 0.05) is 31.4 Å². The number of nitrogens with zero attached hydrogens (tertiary/aromatic N) is 2. The summed E-state index contributed by atoms with van der Waals surface area (Å²) in [6.45, 7) is 1.95. The van der Waals surface area contributed by atoms with Crippen molar-refractivity contribution in [2.75, 3.05) is 20.1 Å². The summed E-state index contributed by atoms with van der Waals surface area (Å²) in [5, 5.41) is 12.0. The molecule has 1 N–H and O–H groups in total. The number of thiophene rings is 1. The van der Waals surface area contributed by atoms with Crippen LogP contribution in [0.1, 0.15) is 23.8 Å². The molecule has 0 bridgehead atoms. The quantitative estimate of drug-likeness (QED) is 0.906. The van der Waals surface area contributed by atoms with Crippen molar-refractivity contribution in [1.29, 1.82) is 0 Å². The van der Waals surface area contributed by atoms with Gasteiger partial charge < -0.3 is 10.0 Å². The average Bonchev–Trinajstić information content (AvgIpc) is 2.74. The number of aliphatic imine (C=N–C) groups is 1. The molecule has 2 rings (SSSR count). The molecule has 1 aromatic rings. The first kappa shape index (κ1) is 13.5. The van der Waals surface area contributed by atoms with Gasteiger partial charge in [-0.3, -0.25) is 4.99 Å². The summed E-state index contributed by atoms with van der Waals surface area (Å²) in [7, 11) is 2.04. The van der Waals surface area contributed by atoms with E-state index in [1.807, 2.05) is 24.6 Å². The SMILES string of the molecule is CN1CCCN=C1CC(O)c1cccs1.Cl. The monoisotopic (exact) mass is 260 g/mol. The maximum atomic E-state index is 9.98. The van der Waals surface area contributed by atoms with Gasteiger partial charge in [-0.05, 0) is 17.9 Å². The van der Waals surface area contributed by atoms with E-state index in [0.29, 0.717) is 6.42 Å². The van der Waals surface area contributed by atoms with Gasteiger partial charge in [-0.1, -0.05) is 6.07 Å². The smallest absolute Gasteiger partial charge is 0.102 e. The number of rotatable bonds is 3. The van der Waals surface area contributed by atoms with E-state index in [2.05, 4.69) is 9.89 Å². The van der Waals surface area contributed by atoms with E-state index >= 15 is 0 Å². The fourth-order valence-electron chi connectivity index (χ4n) is 1.74. The van der Waals surface area contributed by atoms with Crippen LogP contribution in [0.2, 0.25) is 0 Å². The number of hydrogen-bond donors (Lipinski definition) is 1. The molecule has 0 saturated carbocycles. The van der Waals surface area contributed by atoms with Crippen LogP contribution in [0.4, 0.5) is 0 Å². The predicted molar refractivity (Wildman–Crippen MR) is 70.7 cm³/mol. The topological polar surface area (TPSA) is 35.8 Å². The molecule has 0 fully saturated rings. The summed E-state index contributed by atoms with van der Waals surface area (Å²) in [5.41, 5.74) is 0. The van der Waals surface area contributed by atoms with Gasteiger partial charge in [0.1, 0.15) is 5.84 Å². The van der Waals surface area contributed by atoms with Crippen molar-refractivity contribution in [3.63, 3.8) is 0 Å². The van der Waals surface area contributed by atoms with Crippen LogP contribution in [0.15, 0.2) is 22.5 Å². The molecule has 16 heavy (non-hydrogen) atoms. The van der Waals surface area contributed by atoms with E-state index in [4.69, 9.17) is 0 Å². The number of amidine groups is 1. The Morgan fingerprint density at radius 3 is 3.06 bits per heavy atom. The van der Waals surface area contributed by atoms with Gasteiger partial charge in [-0.2, -0.15) is 0 Å². The van der Waals surface area contributed by atoms with Gasteiger partial charge in [0.05, 0.1) is 6.10 Å². The summed E-state index contributed by atoms with van der Waals surface area (Å²) >= 11 is 1.60. The van der Waals surface area contributed by atoms with Crippen molar-refractivity contribution in [1.82, 2.24) is 4.90 Å². The zero-order chi connectivity index (χ0) is 10.7. The second-order valence-electron chi connectivity index (χ2n) is 3.81. The van der Waals surface area contributed by atoms with Gasteiger partial charge in [-0.15, -0.1) is 23.7 Å². The maximum absolute atomic E-state index is 9.98. The van der Waals surface area contributed by atoms with Crippen molar-refractivity contribution in [3.05, 3.63) is 22.4 Å². The lowest BCUT2D eigenvalue weighted by Crippen LogP contribution is -2.33. The number of aliphatic hydroxyl groups is 1. The van der Waals surface area contributed by atoms with Crippen molar-refractivity contribution in [2.45, 2.75) is 18.9 Å². The normalized spacial score (nSPS) is 17.6. The lowest BCUT2D eigenvalue weighted by Gasteiger charge is -2.26. The van der Waals surface area contributed by atoms with Crippen LogP contribution in [-0.2, 0) is 0 Å². The molecule has 1 aliphatic heterocycles. The third-order valence-electron chi connectivity index (χ3n) is 2.63. The summed E-state index contributed by atoms with van der Waals surface area (Å²) in [6.07, 6.45) is 1.36. The van der Waals surface area contributed by atoms with E-state index in [1.54, 1.807) is 11.3 Å². The standard InChI is InChI=1S/C11H16N2OS.ClH/c1-13-6-3-5-12-11(13)8-9(14)10-4-2-7-15-10;/h2,4,7,9,14H,3,5-6,8H2,1H3;1H. The van der Waals surface area contributed by atoms with E-state index in [0.717, 1.165) is 30.2 Å². The second-order valence-corrected chi connectivity index (χ2v) is 4.79. The Morgan fingerprint density at radius 2 is 2.44 bits per heavy atom. The zero-order valence-corrected chi connectivity index (χ0v) is 10.9. The number of aliphatic hydroxyl groups excluding tert-OH is 1. The minimum Gasteiger partial charge on any atom is -0.387 e. The Bertz CT molecular complexity index is 340. The zero-order valence-electron chi connectivity index (χ0n) is 9.30. The lowest BCUT2D eigenvalue weighted by molar-refractivity contribution is 0.185. The van der Waals surface area contributed by atoms with Gasteiger partial charge in [0.2, 0.25) is 0 Å². The Balaban J connectivity index is 0.00000128. The average molecular weight is 261 g/mol. The first-order chi connectivity index (χ1) is 7.27. The highest BCUT2D eigenvalue weighted by Crippen LogP contribution is 2.23. The highest BCUT2D eigenvalue weighted by molar-refractivity contribution is 7.10. The molecule has 0 radical (unpaired) electrons. The van der Waals surface area contributed by atoms with Gasteiger partial charge in [-0.25, -0.2) is 0 Å². The van der Waals surface area contributed by atoms with Crippen molar-refractivity contribution in [3.8, 4) is 0 Å². The molecule has 0 aromatic carbocycles. The van der Waals surface area contributed by atoms with Crippen LogP contribution in [0.25, 0.3) is 0 Å². The van der Waals surface area contributed by atoms with Crippen molar-refractivity contribution < 1.29 is 5.11 Å². The van der Waals surface area contributed by atoms with Gasteiger partial charge >= 0.3 is 0 Å².